The van der Waals surface area contributed by atoms with Gasteiger partial charge in [0.25, 0.3) is 0 Å². The number of carbonyl (C=O) groups excluding carboxylic acids is 1. The molecule has 1 heterocycles. The topological polar surface area (TPSA) is 111 Å². The molecule has 8 heteroatoms. The molecule has 170 valence electrons. The molecule has 3 rings (SSSR count). The molecule has 2 unspecified atom stereocenters. The van der Waals surface area contributed by atoms with E-state index in [9.17, 15) is 14.7 Å². The number of benzene rings is 2. The number of esters is 1. The van der Waals surface area contributed by atoms with Crippen molar-refractivity contribution in [1.82, 2.24) is 10.3 Å². The molecule has 0 aliphatic rings. The molecule has 0 bridgehead atoms. The summed E-state index contributed by atoms with van der Waals surface area (Å²) in [5.41, 5.74) is 0.687. The molecule has 3 aromatic rings. The summed E-state index contributed by atoms with van der Waals surface area (Å²) in [5, 5.41) is 12.6. The molecule has 2 atom stereocenters. The van der Waals surface area contributed by atoms with Crippen LogP contribution in [0.4, 0.5) is 0 Å². The number of nitrogens with one attached hydrogen (secondary N) is 1. The number of ether oxygens (including phenoxy) is 2. The standard InChI is InChI=1S/C24H28N2O6/c1-5-17(15-10-9-11-16(14-15)32-24(3,4)23(28)29)25-20(22(27)30-6-2)21-26-18-12-7-8-13-19(18)31-21/h7-14,17,20,25H,5-6H2,1-4H3,(H,28,29). The first-order valence-corrected chi connectivity index (χ1v) is 10.6. The maximum atomic E-state index is 12.8. The Kier molecular flexibility index (Phi) is 7.15. The molecule has 32 heavy (non-hydrogen) atoms. The van der Waals surface area contributed by atoms with Crippen molar-refractivity contribution in [2.45, 2.75) is 51.8 Å². The van der Waals surface area contributed by atoms with Gasteiger partial charge in [-0.05, 0) is 57.0 Å². The Bertz CT molecular complexity index is 1060. The number of rotatable bonds is 10. The van der Waals surface area contributed by atoms with Crippen molar-refractivity contribution in [3.8, 4) is 5.75 Å². The van der Waals surface area contributed by atoms with E-state index in [1.165, 1.54) is 13.8 Å². The first kappa shape index (κ1) is 23.3. The van der Waals surface area contributed by atoms with Gasteiger partial charge in [-0.1, -0.05) is 31.2 Å². The summed E-state index contributed by atoms with van der Waals surface area (Å²) in [5.74, 6) is -0.907. The van der Waals surface area contributed by atoms with Crippen LogP contribution in [0.25, 0.3) is 11.1 Å². The molecule has 0 aliphatic carbocycles. The van der Waals surface area contributed by atoms with Crippen LogP contribution < -0.4 is 10.1 Å². The normalized spacial score (nSPS) is 13.5. The van der Waals surface area contributed by atoms with Crippen molar-refractivity contribution in [3.63, 3.8) is 0 Å². The summed E-state index contributed by atoms with van der Waals surface area (Å²) < 4.78 is 16.8. The molecule has 0 spiro atoms. The van der Waals surface area contributed by atoms with Crippen LogP contribution >= 0.6 is 0 Å². The monoisotopic (exact) mass is 440 g/mol. The number of nitrogens with zero attached hydrogens (tertiary/aromatic N) is 1. The SMILES string of the molecule is CCOC(=O)C(NC(CC)c1cccc(OC(C)(C)C(=O)O)c1)c1nc2ccccc2o1. The third-order valence-electron chi connectivity index (χ3n) is 5.00. The predicted octanol–water partition coefficient (Wildman–Crippen LogP) is 4.41. The van der Waals surface area contributed by atoms with Gasteiger partial charge in [-0.25, -0.2) is 14.6 Å². The maximum Gasteiger partial charge on any atom is 0.347 e. The zero-order chi connectivity index (χ0) is 23.3. The van der Waals surface area contributed by atoms with Crippen molar-refractivity contribution in [3.05, 3.63) is 60.0 Å². The molecule has 0 saturated carbocycles. The number of carbonyl (C=O) groups is 2. The largest absolute Gasteiger partial charge is 0.478 e. The summed E-state index contributed by atoms with van der Waals surface area (Å²) >= 11 is 0. The lowest BCUT2D eigenvalue weighted by Crippen LogP contribution is -2.38. The van der Waals surface area contributed by atoms with E-state index in [1.54, 1.807) is 31.2 Å². The van der Waals surface area contributed by atoms with Gasteiger partial charge in [0.05, 0.1) is 6.61 Å². The minimum atomic E-state index is -1.38. The second kappa shape index (κ2) is 9.82. The summed E-state index contributed by atoms with van der Waals surface area (Å²) in [6, 6.07) is 13.2. The molecule has 0 fully saturated rings. The Hall–Kier alpha value is -3.39. The third-order valence-corrected chi connectivity index (χ3v) is 5.00. The van der Waals surface area contributed by atoms with Gasteiger partial charge in [0.1, 0.15) is 11.3 Å². The lowest BCUT2D eigenvalue weighted by Gasteiger charge is -2.25. The van der Waals surface area contributed by atoms with E-state index in [0.29, 0.717) is 23.3 Å². The third kappa shape index (κ3) is 5.26. The van der Waals surface area contributed by atoms with Gasteiger partial charge in [0.2, 0.25) is 5.89 Å². The minimum Gasteiger partial charge on any atom is -0.478 e. The quantitative estimate of drug-likeness (QED) is 0.446. The summed E-state index contributed by atoms with van der Waals surface area (Å²) in [6.45, 7) is 6.91. The van der Waals surface area contributed by atoms with E-state index in [2.05, 4.69) is 10.3 Å². The van der Waals surface area contributed by atoms with Gasteiger partial charge in [-0.3, -0.25) is 5.32 Å². The van der Waals surface area contributed by atoms with Crippen LogP contribution in [-0.2, 0) is 14.3 Å². The van der Waals surface area contributed by atoms with Gasteiger partial charge in [-0.2, -0.15) is 0 Å². The van der Waals surface area contributed by atoms with Crippen molar-refractivity contribution < 1.29 is 28.6 Å². The van der Waals surface area contributed by atoms with Crippen LogP contribution in [0.1, 0.15) is 57.7 Å². The highest BCUT2D eigenvalue weighted by Gasteiger charge is 2.31. The molecule has 0 saturated heterocycles. The number of carboxylic acids is 1. The Balaban J connectivity index is 1.90. The van der Waals surface area contributed by atoms with Crippen LogP contribution in [0.2, 0.25) is 0 Å². The van der Waals surface area contributed by atoms with Gasteiger partial charge in [-0.15, -0.1) is 0 Å². The van der Waals surface area contributed by atoms with Crippen LogP contribution in [-0.4, -0.2) is 34.2 Å². The molecule has 8 nitrogen and oxygen atoms in total. The van der Waals surface area contributed by atoms with Gasteiger partial charge < -0.3 is 19.0 Å². The van der Waals surface area contributed by atoms with Gasteiger partial charge in [0, 0.05) is 6.04 Å². The average Bonchev–Trinajstić information content (AvgIpc) is 3.18. The van der Waals surface area contributed by atoms with Crippen molar-refractivity contribution in [2.24, 2.45) is 0 Å². The van der Waals surface area contributed by atoms with E-state index in [1.807, 2.05) is 31.2 Å². The van der Waals surface area contributed by atoms with E-state index in [0.717, 1.165) is 5.56 Å². The highest BCUT2D eigenvalue weighted by atomic mass is 16.5. The number of aliphatic carboxylic acids is 1. The fourth-order valence-corrected chi connectivity index (χ4v) is 3.26. The molecule has 0 amide bonds. The molecule has 2 N–H and O–H groups in total. The van der Waals surface area contributed by atoms with Gasteiger partial charge in [0.15, 0.2) is 17.2 Å². The Morgan fingerprint density at radius 2 is 1.91 bits per heavy atom. The smallest absolute Gasteiger partial charge is 0.347 e. The highest BCUT2D eigenvalue weighted by Crippen LogP contribution is 2.28. The Morgan fingerprint density at radius 1 is 1.16 bits per heavy atom. The lowest BCUT2D eigenvalue weighted by atomic mass is 10.0. The van der Waals surface area contributed by atoms with Crippen molar-refractivity contribution in [1.29, 1.82) is 0 Å². The average molecular weight is 440 g/mol. The molecular weight excluding hydrogens is 412 g/mol. The fraction of sp³-hybridized carbons (Fsp3) is 0.375. The zero-order valence-corrected chi connectivity index (χ0v) is 18.6. The van der Waals surface area contributed by atoms with Gasteiger partial charge >= 0.3 is 11.9 Å². The van der Waals surface area contributed by atoms with Crippen LogP contribution in [0.5, 0.6) is 5.75 Å². The maximum absolute atomic E-state index is 12.8. The van der Waals surface area contributed by atoms with Crippen LogP contribution in [0.15, 0.2) is 52.9 Å². The Labute approximate surface area is 186 Å². The molecule has 2 aromatic carbocycles. The van der Waals surface area contributed by atoms with E-state index >= 15 is 0 Å². The first-order valence-electron chi connectivity index (χ1n) is 10.6. The number of carboxylic acid groups (broad SMARTS) is 1. The number of oxazole rings is 1. The number of hydrogen-bond acceptors (Lipinski definition) is 7. The summed E-state index contributed by atoms with van der Waals surface area (Å²) in [6.07, 6.45) is 0.641. The number of hydrogen-bond donors (Lipinski definition) is 2. The molecule has 1 aromatic heterocycles. The van der Waals surface area contributed by atoms with Crippen LogP contribution in [0.3, 0.4) is 0 Å². The van der Waals surface area contributed by atoms with E-state index in [4.69, 9.17) is 13.9 Å². The zero-order valence-electron chi connectivity index (χ0n) is 18.6. The molecule has 0 aliphatic heterocycles. The number of aromatic nitrogens is 1. The second-order valence-electron chi connectivity index (χ2n) is 7.82. The predicted molar refractivity (Wildman–Crippen MR) is 118 cm³/mol. The second-order valence-corrected chi connectivity index (χ2v) is 7.82. The summed E-state index contributed by atoms with van der Waals surface area (Å²) in [4.78, 5) is 28.6. The fourth-order valence-electron chi connectivity index (χ4n) is 3.26. The number of para-hydroxylation sites is 2. The Morgan fingerprint density at radius 3 is 2.56 bits per heavy atom. The molecule has 0 radical (unpaired) electrons. The lowest BCUT2D eigenvalue weighted by molar-refractivity contribution is -0.152. The van der Waals surface area contributed by atoms with E-state index in [-0.39, 0.29) is 18.5 Å². The van der Waals surface area contributed by atoms with Crippen molar-refractivity contribution in [2.75, 3.05) is 6.61 Å². The summed E-state index contributed by atoms with van der Waals surface area (Å²) in [7, 11) is 0. The van der Waals surface area contributed by atoms with E-state index < -0.39 is 23.6 Å². The molecular formula is C24H28N2O6. The first-order chi connectivity index (χ1) is 15.2. The number of fused-ring (bicyclic) bond motifs is 1. The minimum absolute atomic E-state index is 0.224. The highest BCUT2D eigenvalue weighted by molar-refractivity contribution is 5.79. The van der Waals surface area contributed by atoms with Crippen molar-refractivity contribution >= 4 is 23.0 Å². The van der Waals surface area contributed by atoms with Crippen LogP contribution in [0, 0.1) is 0 Å².